The molecule has 4 fully saturated rings. The Morgan fingerprint density at radius 3 is 2.47 bits per heavy atom. The summed E-state index contributed by atoms with van der Waals surface area (Å²) in [7, 11) is 0. The largest absolute Gasteiger partial charge is 0.462 e. The van der Waals surface area contributed by atoms with E-state index < -0.39 is 6.29 Å². The molecule has 0 spiro atoms. The first-order valence-corrected chi connectivity index (χ1v) is 12.6. The molecule has 4 aliphatic carbocycles. The summed E-state index contributed by atoms with van der Waals surface area (Å²) in [5.41, 5.74) is 0.609. The van der Waals surface area contributed by atoms with Crippen molar-refractivity contribution >= 4 is 11.8 Å². The van der Waals surface area contributed by atoms with Gasteiger partial charge in [0.05, 0.1) is 6.61 Å². The Labute approximate surface area is 192 Å². The van der Waals surface area contributed by atoms with Crippen LogP contribution in [0.4, 0.5) is 0 Å². The minimum atomic E-state index is -0.842. The highest BCUT2D eigenvalue weighted by Crippen LogP contribution is 2.73. The van der Waals surface area contributed by atoms with Gasteiger partial charge in [-0.1, -0.05) is 40.7 Å². The average molecular weight is 445 g/mol. The lowest BCUT2D eigenvalue weighted by molar-refractivity contribution is -0.250. The van der Waals surface area contributed by atoms with Gasteiger partial charge in [-0.05, 0) is 66.3 Å². The van der Waals surface area contributed by atoms with Gasteiger partial charge in [0.15, 0.2) is 6.29 Å². The third kappa shape index (κ3) is 2.70. The van der Waals surface area contributed by atoms with Crippen molar-refractivity contribution in [1.29, 1.82) is 0 Å². The number of aliphatic hydroxyl groups is 1. The summed E-state index contributed by atoms with van der Waals surface area (Å²) in [4.78, 5) is 25.2. The average Bonchev–Trinajstić information content (AvgIpc) is 3.08. The Hall–Kier alpha value is -1.20. The van der Waals surface area contributed by atoms with Crippen molar-refractivity contribution in [2.24, 2.45) is 45.3 Å². The minimum absolute atomic E-state index is 0.0406. The molecule has 5 heteroatoms. The maximum atomic E-state index is 12.9. The maximum Gasteiger partial charge on any atom is 0.302 e. The third-order valence-electron chi connectivity index (χ3n) is 11.2. The molecule has 178 valence electrons. The van der Waals surface area contributed by atoms with Gasteiger partial charge in [-0.2, -0.15) is 0 Å². The van der Waals surface area contributed by atoms with Crippen LogP contribution in [0, 0.1) is 45.3 Å². The monoisotopic (exact) mass is 444 g/mol. The van der Waals surface area contributed by atoms with E-state index in [1.54, 1.807) is 0 Å². The highest BCUT2D eigenvalue weighted by atomic mass is 16.6. The van der Waals surface area contributed by atoms with Crippen LogP contribution < -0.4 is 0 Å². The van der Waals surface area contributed by atoms with Gasteiger partial charge in [0.25, 0.3) is 0 Å². The number of ether oxygens (including phenoxy) is 2. The number of carbonyl (C=O) groups excluding carboxylic acids is 2. The lowest BCUT2D eigenvalue weighted by Crippen LogP contribution is -2.68. The van der Waals surface area contributed by atoms with E-state index in [0.717, 1.165) is 32.1 Å². The van der Waals surface area contributed by atoms with Gasteiger partial charge in [0.2, 0.25) is 0 Å². The lowest BCUT2D eigenvalue weighted by atomic mass is 9.34. The van der Waals surface area contributed by atoms with Crippen LogP contribution in [-0.2, 0) is 19.1 Å². The molecule has 1 N–H and O–H groups in total. The molecular weight excluding hydrogens is 404 g/mol. The van der Waals surface area contributed by atoms with Crippen molar-refractivity contribution in [3.63, 3.8) is 0 Å². The molecule has 1 aliphatic heterocycles. The second kappa shape index (κ2) is 6.91. The SMILES string of the molecule is CC(=O)O[C@@H]1CC2[C@@]3(C)CCC(=O)C(C)(C)C3CC[C@@]2(C)C2CC=C3CO[C@@H](O)[C@@H]3[C@]21C. The fraction of sp³-hybridized carbons (Fsp3) is 0.852. The van der Waals surface area contributed by atoms with Crippen molar-refractivity contribution < 1.29 is 24.2 Å². The summed E-state index contributed by atoms with van der Waals surface area (Å²) >= 11 is 0. The molecule has 3 saturated carbocycles. The highest BCUT2D eigenvalue weighted by Gasteiger charge is 2.70. The molecule has 0 radical (unpaired) electrons. The molecule has 1 saturated heterocycles. The number of ketones is 1. The van der Waals surface area contributed by atoms with Crippen LogP contribution >= 0.6 is 0 Å². The van der Waals surface area contributed by atoms with E-state index >= 15 is 0 Å². The van der Waals surface area contributed by atoms with E-state index in [4.69, 9.17) is 9.47 Å². The number of fused-ring (bicyclic) bond motifs is 7. The van der Waals surface area contributed by atoms with Crippen LogP contribution in [0.1, 0.15) is 80.1 Å². The van der Waals surface area contributed by atoms with Crippen LogP contribution in [0.15, 0.2) is 11.6 Å². The quantitative estimate of drug-likeness (QED) is 0.470. The number of aliphatic hydroxyl groups excluding tert-OH is 1. The molecule has 5 nitrogen and oxygen atoms in total. The summed E-state index contributed by atoms with van der Waals surface area (Å²) in [5, 5.41) is 10.9. The van der Waals surface area contributed by atoms with Crippen LogP contribution in [0.2, 0.25) is 0 Å². The Bertz CT molecular complexity index is 875. The predicted octanol–water partition coefficient (Wildman–Crippen LogP) is 4.67. The van der Waals surface area contributed by atoms with Gasteiger partial charge in [0, 0.05) is 30.1 Å². The molecule has 9 atom stereocenters. The molecule has 0 aromatic rings. The van der Waals surface area contributed by atoms with Gasteiger partial charge < -0.3 is 14.6 Å². The first-order chi connectivity index (χ1) is 14.9. The summed E-state index contributed by atoms with van der Waals surface area (Å²) in [6, 6.07) is 0. The Morgan fingerprint density at radius 1 is 1.09 bits per heavy atom. The molecule has 5 rings (SSSR count). The fourth-order valence-electron chi connectivity index (χ4n) is 9.77. The van der Waals surface area contributed by atoms with E-state index in [-0.39, 0.29) is 39.7 Å². The molecular formula is C27H40O5. The van der Waals surface area contributed by atoms with Crippen molar-refractivity contribution in [3.05, 3.63) is 11.6 Å². The van der Waals surface area contributed by atoms with Crippen LogP contribution in [-0.4, -0.2) is 35.9 Å². The predicted molar refractivity (Wildman–Crippen MR) is 120 cm³/mol. The minimum Gasteiger partial charge on any atom is -0.462 e. The normalized spacial score (nSPS) is 51.6. The van der Waals surface area contributed by atoms with E-state index in [9.17, 15) is 14.7 Å². The van der Waals surface area contributed by atoms with Crippen molar-refractivity contribution in [3.8, 4) is 0 Å². The van der Waals surface area contributed by atoms with E-state index in [1.807, 2.05) is 0 Å². The summed E-state index contributed by atoms with van der Waals surface area (Å²) in [6.07, 6.45) is 6.65. The van der Waals surface area contributed by atoms with Crippen LogP contribution in [0.5, 0.6) is 0 Å². The molecule has 0 aromatic carbocycles. The lowest BCUT2D eigenvalue weighted by Gasteiger charge is -2.70. The standard InChI is InChI=1S/C27H40O5/c1-15(28)32-21-13-19-25(4)12-10-20(29)24(2,3)17(25)9-11-26(19,5)18-8-7-16-14-31-23(30)22(16)27(18,21)6/h7,17-19,21-23,30H,8-14H2,1-6H3/t17?,18?,19?,21-,22-,23-,25+,26+,27-/m1/s1. The number of hydrogen-bond acceptors (Lipinski definition) is 5. The Morgan fingerprint density at radius 2 is 1.78 bits per heavy atom. The highest BCUT2D eigenvalue weighted by molar-refractivity contribution is 5.85. The van der Waals surface area contributed by atoms with Gasteiger partial charge >= 0.3 is 5.97 Å². The first-order valence-electron chi connectivity index (χ1n) is 12.6. The Balaban J connectivity index is 1.63. The number of carbonyl (C=O) groups is 2. The third-order valence-corrected chi connectivity index (χ3v) is 11.2. The molecule has 0 bridgehead atoms. The zero-order chi connectivity index (χ0) is 23.3. The van der Waals surface area contributed by atoms with Gasteiger partial charge in [-0.15, -0.1) is 0 Å². The second-order valence-electron chi connectivity index (χ2n) is 12.7. The molecule has 0 amide bonds. The number of allylic oxidation sites excluding steroid dienone is 1. The molecule has 1 heterocycles. The number of Topliss-reactive ketones (excluding diaryl/α,β-unsaturated/α-hetero) is 1. The number of rotatable bonds is 1. The zero-order valence-corrected chi connectivity index (χ0v) is 20.6. The topological polar surface area (TPSA) is 72.8 Å². The first kappa shape index (κ1) is 22.6. The summed E-state index contributed by atoms with van der Waals surface area (Å²) < 4.78 is 11.8. The van der Waals surface area contributed by atoms with Crippen molar-refractivity contribution in [1.82, 2.24) is 0 Å². The second-order valence-corrected chi connectivity index (χ2v) is 12.7. The molecule has 3 unspecified atom stereocenters. The smallest absolute Gasteiger partial charge is 0.302 e. The zero-order valence-electron chi connectivity index (χ0n) is 20.6. The van der Waals surface area contributed by atoms with Crippen molar-refractivity contribution in [2.75, 3.05) is 6.61 Å². The van der Waals surface area contributed by atoms with E-state index in [1.165, 1.54) is 12.5 Å². The number of esters is 1. The van der Waals surface area contributed by atoms with Crippen LogP contribution in [0.3, 0.4) is 0 Å². The van der Waals surface area contributed by atoms with E-state index in [2.05, 4.69) is 40.7 Å². The van der Waals surface area contributed by atoms with Gasteiger partial charge in [0.1, 0.15) is 11.9 Å². The molecule has 32 heavy (non-hydrogen) atoms. The van der Waals surface area contributed by atoms with Crippen LogP contribution in [0.25, 0.3) is 0 Å². The summed E-state index contributed by atoms with van der Waals surface area (Å²) in [6.45, 7) is 13.4. The van der Waals surface area contributed by atoms with Gasteiger partial charge in [-0.25, -0.2) is 0 Å². The molecule has 0 aromatic heterocycles. The van der Waals surface area contributed by atoms with Gasteiger partial charge in [-0.3, -0.25) is 9.59 Å². The maximum absolute atomic E-state index is 12.9. The summed E-state index contributed by atoms with van der Waals surface area (Å²) in [5.74, 6) is 1.04. The van der Waals surface area contributed by atoms with E-state index in [0.29, 0.717) is 36.6 Å². The molecule has 5 aliphatic rings. The Kier molecular flexibility index (Phi) is 4.88. The fourth-order valence-corrected chi connectivity index (χ4v) is 9.77. The van der Waals surface area contributed by atoms with Crippen molar-refractivity contribution in [2.45, 2.75) is 92.5 Å². The number of hydrogen-bond donors (Lipinski definition) is 1.